The Morgan fingerprint density at radius 3 is 1.47 bits per heavy atom. The van der Waals surface area contributed by atoms with Crippen LogP contribution in [0, 0.1) is 17.8 Å². The lowest BCUT2D eigenvalue weighted by Gasteiger charge is -2.38. The summed E-state index contributed by atoms with van der Waals surface area (Å²) in [4.78, 5) is 35.8. The summed E-state index contributed by atoms with van der Waals surface area (Å²) >= 11 is 0. The van der Waals surface area contributed by atoms with E-state index in [1.165, 1.54) is 98.6 Å². The van der Waals surface area contributed by atoms with E-state index in [0.717, 1.165) is 59.6 Å². The van der Waals surface area contributed by atoms with Gasteiger partial charge in [-0.25, -0.2) is 24.7 Å². The first-order valence-electron chi connectivity index (χ1n) is 26.7. The summed E-state index contributed by atoms with van der Waals surface area (Å²) in [6.07, 6.45) is 18.1. The maximum absolute atomic E-state index is 11.7. The molecule has 2 aromatic heterocycles. The van der Waals surface area contributed by atoms with Crippen molar-refractivity contribution in [2.45, 2.75) is 120 Å². The van der Waals surface area contributed by atoms with Crippen molar-refractivity contribution in [1.82, 2.24) is 30.6 Å². The number of carbonyl (C=O) groups excluding carboxylic acids is 1. The maximum atomic E-state index is 11.7. The molecule has 12 nitrogen and oxygen atoms in total. The van der Waals surface area contributed by atoms with E-state index >= 15 is 0 Å². The molecule has 7 aromatic rings. The van der Waals surface area contributed by atoms with Crippen LogP contribution in [0.25, 0.3) is 44.1 Å². The number of rotatable bonds is 10. The van der Waals surface area contributed by atoms with Crippen LogP contribution in [0.15, 0.2) is 140 Å². The van der Waals surface area contributed by atoms with Crippen molar-refractivity contribution in [3.63, 3.8) is 0 Å². The third kappa shape index (κ3) is 11.0. The Morgan fingerprint density at radius 1 is 0.542 bits per heavy atom. The van der Waals surface area contributed by atoms with E-state index in [9.17, 15) is 4.79 Å². The summed E-state index contributed by atoms with van der Waals surface area (Å²) < 4.78 is 5.22. The Hall–Kier alpha value is -6.47. The molecule has 0 saturated carbocycles. The second-order valence-corrected chi connectivity index (χ2v) is 21.3. The first kappa shape index (κ1) is 47.8. The minimum atomic E-state index is -0.306. The molecule has 0 radical (unpaired) electrons. The fraction of sp³-hybridized carbons (Fsp3) is 0.417. The fourth-order valence-corrected chi connectivity index (χ4v) is 12.9. The molecular formula is C60H70N10O2. The van der Waals surface area contributed by atoms with Crippen LogP contribution in [0.1, 0.15) is 82.6 Å². The zero-order valence-corrected chi connectivity index (χ0v) is 41.4. The topological polar surface area (TPSA) is 160 Å². The SMILES string of the molecule is NCC1C[C@H]2CC[C@@H](C1)N2c1nccc(-c2ccc3ccccc3c2)n1.NCC1C[C@H]2CC[C@@H](C1)N2c1nccc(-c2ccc3ccccc3c2)n1.O=C(NCC1CC2CCC(C1)N2)OCc1ccccc1. The number of alkyl carbamates (subject to hydrolysis) is 1. The lowest BCUT2D eigenvalue weighted by molar-refractivity contribution is 0.136. The van der Waals surface area contributed by atoms with E-state index in [0.29, 0.717) is 60.6 Å². The maximum Gasteiger partial charge on any atom is 0.407 e. The van der Waals surface area contributed by atoms with Gasteiger partial charge >= 0.3 is 6.09 Å². The van der Waals surface area contributed by atoms with Gasteiger partial charge in [0.15, 0.2) is 0 Å². The highest BCUT2D eigenvalue weighted by Gasteiger charge is 2.43. The molecule has 6 saturated heterocycles. The molecule has 6 bridgehead atoms. The van der Waals surface area contributed by atoms with Crippen LogP contribution >= 0.6 is 0 Å². The van der Waals surface area contributed by atoms with E-state index in [1.54, 1.807) is 0 Å². The molecule has 72 heavy (non-hydrogen) atoms. The van der Waals surface area contributed by atoms with Crippen molar-refractivity contribution in [1.29, 1.82) is 0 Å². The second kappa shape index (κ2) is 22.1. The molecule has 8 atom stereocenters. The summed E-state index contributed by atoms with van der Waals surface area (Å²) in [5.74, 6) is 3.69. The van der Waals surface area contributed by atoms with E-state index in [-0.39, 0.29) is 6.09 Å². The third-order valence-electron chi connectivity index (χ3n) is 16.5. The number of carbonyl (C=O) groups is 1. The molecule has 1 amide bonds. The Labute approximate surface area is 424 Å². The average molecular weight is 963 g/mol. The molecule has 13 rings (SSSR count). The van der Waals surface area contributed by atoms with Gasteiger partial charge in [0.2, 0.25) is 11.9 Å². The summed E-state index contributed by atoms with van der Waals surface area (Å²) in [6.45, 7) is 2.68. The zero-order chi connectivity index (χ0) is 48.8. The number of benzene rings is 5. The van der Waals surface area contributed by atoms with Gasteiger partial charge in [-0.05, 0) is 159 Å². The number of anilines is 2. The van der Waals surface area contributed by atoms with Gasteiger partial charge in [0, 0.05) is 66.3 Å². The number of piperidine rings is 3. The second-order valence-electron chi connectivity index (χ2n) is 21.3. The smallest absolute Gasteiger partial charge is 0.407 e. The molecule has 6 fully saturated rings. The van der Waals surface area contributed by atoms with Crippen LogP contribution < -0.4 is 31.9 Å². The van der Waals surface area contributed by atoms with Crippen LogP contribution in [0.2, 0.25) is 0 Å². The minimum absolute atomic E-state index is 0.306. The molecule has 5 aromatic carbocycles. The summed E-state index contributed by atoms with van der Waals surface area (Å²) in [7, 11) is 0. The highest BCUT2D eigenvalue weighted by atomic mass is 16.5. The number of hydrogen-bond donors (Lipinski definition) is 4. The lowest BCUT2D eigenvalue weighted by atomic mass is 9.91. The normalized spacial score (nSPS) is 25.8. The largest absolute Gasteiger partial charge is 0.445 e. The van der Waals surface area contributed by atoms with Crippen molar-refractivity contribution >= 4 is 39.5 Å². The molecular weight excluding hydrogens is 893 g/mol. The van der Waals surface area contributed by atoms with Gasteiger partial charge < -0.3 is 36.6 Å². The molecule has 6 aliphatic heterocycles. The summed E-state index contributed by atoms with van der Waals surface area (Å²) in [5.41, 5.74) is 17.2. The molecule has 0 spiro atoms. The van der Waals surface area contributed by atoms with Gasteiger partial charge in [-0.2, -0.15) is 0 Å². The first-order chi connectivity index (χ1) is 35.4. The van der Waals surface area contributed by atoms with Crippen molar-refractivity contribution in [3.05, 3.63) is 145 Å². The van der Waals surface area contributed by atoms with Gasteiger partial charge in [-0.1, -0.05) is 103 Å². The van der Waals surface area contributed by atoms with E-state index in [4.69, 9.17) is 26.2 Å². The Bertz CT molecular complexity index is 2740. The van der Waals surface area contributed by atoms with Crippen LogP contribution in [0.4, 0.5) is 16.7 Å². The summed E-state index contributed by atoms with van der Waals surface area (Å²) in [5, 5.41) is 11.5. The number of nitrogens with zero attached hydrogens (tertiary/aromatic N) is 6. The number of ether oxygens (including phenoxy) is 1. The average Bonchev–Trinajstić information content (AvgIpc) is 4.03. The predicted octanol–water partition coefficient (Wildman–Crippen LogP) is 10.4. The van der Waals surface area contributed by atoms with Crippen molar-refractivity contribution in [2.75, 3.05) is 29.4 Å². The molecule has 4 unspecified atom stereocenters. The summed E-state index contributed by atoms with van der Waals surface area (Å²) in [6, 6.07) is 47.3. The van der Waals surface area contributed by atoms with Crippen LogP contribution in [0.5, 0.6) is 0 Å². The Morgan fingerprint density at radius 2 is 1.00 bits per heavy atom. The van der Waals surface area contributed by atoms with Crippen molar-refractivity contribution in [2.24, 2.45) is 29.2 Å². The lowest BCUT2D eigenvalue weighted by Crippen LogP contribution is -2.45. The van der Waals surface area contributed by atoms with Gasteiger partial charge in [0.25, 0.3) is 0 Å². The fourth-order valence-electron chi connectivity index (χ4n) is 12.9. The van der Waals surface area contributed by atoms with Gasteiger partial charge in [-0.15, -0.1) is 0 Å². The quantitative estimate of drug-likeness (QED) is 0.103. The molecule has 372 valence electrons. The highest BCUT2D eigenvalue weighted by Crippen LogP contribution is 2.42. The predicted molar refractivity (Wildman–Crippen MR) is 289 cm³/mol. The number of fused-ring (bicyclic) bond motifs is 8. The minimum Gasteiger partial charge on any atom is -0.445 e. The third-order valence-corrected chi connectivity index (χ3v) is 16.5. The Balaban J connectivity index is 0.000000118. The molecule has 0 aliphatic carbocycles. The molecule has 12 heteroatoms. The number of aromatic nitrogens is 4. The van der Waals surface area contributed by atoms with Gasteiger partial charge in [0.1, 0.15) is 6.61 Å². The zero-order valence-electron chi connectivity index (χ0n) is 41.4. The van der Waals surface area contributed by atoms with Gasteiger partial charge in [0.05, 0.1) is 11.4 Å². The molecule has 6 aliphatic rings. The monoisotopic (exact) mass is 963 g/mol. The van der Waals surface area contributed by atoms with Gasteiger partial charge in [-0.3, -0.25) is 0 Å². The van der Waals surface area contributed by atoms with E-state index < -0.39 is 0 Å². The Kier molecular flexibility index (Phi) is 14.7. The van der Waals surface area contributed by atoms with Crippen LogP contribution in [-0.2, 0) is 11.3 Å². The number of nitrogens with one attached hydrogen (secondary N) is 2. The van der Waals surface area contributed by atoms with Crippen LogP contribution in [-0.4, -0.2) is 81.9 Å². The molecule has 6 N–H and O–H groups in total. The van der Waals surface area contributed by atoms with Crippen molar-refractivity contribution in [3.8, 4) is 22.5 Å². The standard InChI is InChI=1S/2C22H24N4.C16H22N2O2/c2*23-14-15-11-19-7-8-20(12-15)26(19)22-24-10-9-21(25-22)18-6-5-16-3-1-2-4-17(16)13-18;19-16(20-11-12-4-2-1-3-5-12)17-10-13-8-14-6-7-15(9-13)18-14/h2*1-6,9-10,13,15,19-20H,7-8,11-12,14,23H2;1-5,13-15,18H,6-11H2,(H,17,19)/t2*15?,19-,20+;. The molecule has 8 heterocycles. The van der Waals surface area contributed by atoms with E-state index in [1.807, 2.05) is 54.9 Å². The van der Waals surface area contributed by atoms with E-state index in [2.05, 4.69) is 115 Å². The first-order valence-corrected chi connectivity index (χ1v) is 26.7. The van der Waals surface area contributed by atoms with Crippen molar-refractivity contribution < 1.29 is 9.53 Å². The number of amides is 1. The number of nitrogens with two attached hydrogens (primary N) is 2. The number of hydrogen-bond acceptors (Lipinski definition) is 11. The highest BCUT2D eigenvalue weighted by molar-refractivity contribution is 5.87. The van der Waals surface area contributed by atoms with Crippen LogP contribution in [0.3, 0.4) is 0 Å².